The topological polar surface area (TPSA) is 69.0 Å². The maximum Gasteiger partial charge on any atom is 0.241 e. The number of hydrogen-bond acceptors (Lipinski definition) is 4. The first-order valence-corrected chi connectivity index (χ1v) is 5.80. The van der Waals surface area contributed by atoms with Crippen LogP contribution in [0.4, 0.5) is 5.82 Å². The van der Waals surface area contributed by atoms with Gasteiger partial charge in [0.15, 0.2) is 0 Å². The van der Waals surface area contributed by atoms with Crippen LogP contribution in [0.3, 0.4) is 0 Å². The summed E-state index contributed by atoms with van der Waals surface area (Å²) in [6.07, 6.45) is 0. The highest BCUT2D eigenvalue weighted by molar-refractivity contribution is 5.80. The molecule has 18 heavy (non-hydrogen) atoms. The van der Waals surface area contributed by atoms with Crippen LogP contribution < -0.4 is 5.32 Å². The standard InChI is InChI=1S/C13H18N4O/c1-9(2)11-6-5-10(7-14)13(16-11)15-8-12(18)17(3)4/h5-6,9H,8H2,1-4H3,(H,15,16). The SMILES string of the molecule is CC(C)c1ccc(C#N)c(NCC(=O)N(C)C)n1. The van der Waals surface area contributed by atoms with E-state index in [2.05, 4.69) is 16.4 Å². The molecule has 0 atom stereocenters. The van der Waals surface area contributed by atoms with E-state index in [1.54, 1.807) is 20.2 Å². The van der Waals surface area contributed by atoms with E-state index < -0.39 is 0 Å². The summed E-state index contributed by atoms with van der Waals surface area (Å²) < 4.78 is 0. The van der Waals surface area contributed by atoms with Crippen molar-refractivity contribution in [3.8, 4) is 6.07 Å². The summed E-state index contributed by atoms with van der Waals surface area (Å²) in [6, 6.07) is 5.63. The van der Waals surface area contributed by atoms with Crippen molar-refractivity contribution in [1.82, 2.24) is 9.88 Å². The van der Waals surface area contributed by atoms with Crippen LogP contribution in [0, 0.1) is 11.3 Å². The molecule has 96 valence electrons. The van der Waals surface area contributed by atoms with Crippen molar-refractivity contribution < 1.29 is 4.79 Å². The van der Waals surface area contributed by atoms with Crippen LogP contribution in [-0.4, -0.2) is 36.4 Å². The van der Waals surface area contributed by atoms with Gasteiger partial charge in [-0.3, -0.25) is 4.79 Å². The van der Waals surface area contributed by atoms with E-state index in [0.29, 0.717) is 11.4 Å². The van der Waals surface area contributed by atoms with E-state index >= 15 is 0 Å². The van der Waals surface area contributed by atoms with Crippen LogP contribution in [0.25, 0.3) is 0 Å². The Hall–Kier alpha value is -2.09. The fourth-order valence-corrected chi connectivity index (χ4v) is 1.34. The van der Waals surface area contributed by atoms with Crippen molar-refractivity contribution in [2.24, 2.45) is 0 Å². The average Bonchev–Trinajstić information content (AvgIpc) is 2.35. The third kappa shape index (κ3) is 3.45. The lowest BCUT2D eigenvalue weighted by molar-refractivity contribution is -0.126. The van der Waals surface area contributed by atoms with E-state index in [-0.39, 0.29) is 18.4 Å². The fraction of sp³-hybridized carbons (Fsp3) is 0.462. The van der Waals surface area contributed by atoms with Gasteiger partial charge >= 0.3 is 0 Å². The maximum atomic E-state index is 11.5. The molecule has 0 fully saturated rings. The van der Waals surface area contributed by atoms with Crippen molar-refractivity contribution in [2.45, 2.75) is 19.8 Å². The summed E-state index contributed by atoms with van der Waals surface area (Å²) in [5.41, 5.74) is 1.35. The Kier molecular flexibility index (Phi) is 4.67. The zero-order valence-electron chi connectivity index (χ0n) is 11.2. The number of nitrogens with zero attached hydrogens (tertiary/aromatic N) is 3. The highest BCUT2D eigenvalue weighted by Crippen LogP contribution is 2.17. The first-order chi connectivity index (χ1) is 8.45. The second kappa shape index (κ2) is 6.01. The van der Waals surface area contributed by atoms with Crippen molar-refractivity contribution in [3.63, 3.8) is 0 Å². The predicted molar refractivity (Wildman–Crippen MR) is 70.2 cm³/mol. The Labute approximate surface area is 107 Å². The summed E-state index contributed by atoms with van der Waals surface area (Å²) in [7, 11) is 3.38. The minimum absolute atomic E-state index is 0.0596. The van der Waals surface area contributed by atoms with Gasteiger partial charge in [0.2, 0.25) is 5.91 Å². The molecule has 0 aliphatic rings. The minimum atomic E-state index is -0.0596. The number of amides is 1. The van der Waals surface area contributed by atoms with Crippen molar-refractivity contribution in [3.05, 3.63) is 23.4 Å². The van der Waals surface area contributed by atoms with E-state index in [1.807, 2.05) is 19.9 Å². The van der Waals surface area contributed by atoms with Gasteiger partial charge in [-0.25, -0.2) is 4.98 Å². The van der Waals surface area contributed by atoms with Gasteiger partial charge in [-0.15, -0.1) is 0 Å². The molecule has 5 nitrogen and oxygen atoms in total. The number of carbonyl (C=O) groups is 1. The first-order valence-electron chi connectivity index (χ1n) is 5.80. The predicted octanol–water partition coefficient (Wildman–Crippen LogP) is 1.58. The fourth-order valence-electron chi connectivity index (χ4n) is 1.34. The molecule has 1 amide bonds. The Bertz CT molecular complexity index is 474. The van der Waals surface area contributed by atoms with Crippen LogP contribution in [0.15, 0.2) is 12.1 Å². The number of rotatable bonds is 4. The normalized spacial score (nSPS) is 10.0. The smallest absolute Gasteiger partial charge is 0.241 e. The van der Waals surface area contributed by atoms with E-state index in [4.69, 9.17) is 5.26 Å². The molecule has 1 aromatic rings. The van der Waals surface area contributed by atoms with E-state index in [1.165, 1.54) is 4.90 Å². The lowest BCUT2D eigenvalue weighted by Gasteiger charge is -2.13. The van der Waals surface area contributed by atoms with Crippen molar-refractivity contribution >= 4 is 11.7 Å². The van der Waals surface area contributed by atoms with Crippen LogP contribution in [-0.2, 0) is 4.79 Å². The number of nitrogens with one attached hydrogen (secondary N) is 1. The molecular formula is C13H18N4O. The zero-order valence-corrected chi connectivity index (χ0v) is 11.2. The molecular weight excluding hydrogens is 228 g/mol. The number of pyridine rings is 1. The highest BCUT2D eigenvalue weighted by Gasteiger charge is 2.10. The summed E-state index contributed by atoms with van der Waals surface area (Å²) in [6.45, 7) is 4.20. The highest BCUT2D eigenvalue weighted by atomic mass is 16.2. The molecule has 0 saturated heterocycles. The van der Waals surface area contributed by atoms with Gasteiger partial charge in [0.05, 0.1) is 12.1 Å². The largest absolute Gasteiger partial charge is 0.360 e. The van der Waals surface area contributed by atoms with Crippen LogP contribution in [0.1, 0.15) is 31.0 Å². The molecule has 0 aliphatic carbocycles. The van der Waals surface area contributed by atoms with Gasteiger partial charge in [-0.2, -0.15) is 5.26 Å². The Morgan fingerprint density at radius 1 is 1.50 bits per heavy atom. The number of likely N-dealkylation sites (N-methyl/N-ethyl adjacent to an activating group) is 1. The molecule has 5 heteroatoms. The van der Waals surface area contributed by atoms with E-state index in [9.17, 15) is 4.79 Å². The second-order valence-corrected chi connectivity index (χ2v) is 4.54. The van der Waals surface area contributed by atoms with E-state index in [0.717, 1.165) is 5.69 Å². The van der Waals surface area contributed by atoms with Gasteiger partial charge in [-0.1, -0.05) is 13.8 Å². The van der Waals surface area contributed by atoms with Gasteiger partial charge in [0, 0.05) is 19.8 Å². The number of carbonyl (C=O) groups excluding carboxylic acids is 1. The Morgan fingerprint density at radius 3 is 2.67 bits per heavy atom. The molecule has 0 spiro atoms. The van der Waals surface area contributed by atoms with Crippen molar-refractivity contribution in [2.75, 3.05) is 26.0 Å². The van der Waals surface area contributed by atoms with Crippen LogP contribution >= 0.6 is 0 Å². The van der Waals surface area contributed by atoms with Gasteiger partial charge in [0.1, 0.15) is 11.9 Å². The van der Waals surface area contributed by atoms with Gasteiger partial charge in [0.25, 0.3) is 0 Å². The third-order valence-electron chi connectivity index (χ3n) is 2.53. The van der Waals surface area contributed by atoms with Gasteiger partial charge in [-0.05, 0) is 18.1 Å². The Balaban J connectivity index is 2.89. The first kappa shape index (κ1) is 14.0. The summed E-state index contributed by atoms with van der Waals surface area (Å²) in [4.78, 5) is 17.3. The van der Waals surface area contributed by atoms with Crippen LogP contribution in [0.2, 0.25) is 0 Å². The minimum Gasteiger partial charge on any atom is -0.360 e. The maximum absolute atomic E-state index is 11.5. The molecule has 0 saturated carbocycles. The molecule has 1 aromatic heterocycles. The number of anilines is 1. The summed E-state index contributed by atoms with van der Waals surface area (Å²) >= 11 is 0. The molecule has 0 bridgehead atoms. The zero-order chi connectivity index (χ0) is 13.7. The molecule has 0 aromatic carbocycles. The van der Waals surface area contributed by atoms with Crippen molar-refractivity contribution in [1.29, 1.82) is 5.26 Å². The molecule has 1 rings (SSSR count). The molecule has 1 heterocycles. The van der Waals surface area contributed by atoms with Crippen LogP contribution in [0.5, 0.6) is 0 Å². The quantitative estimate of drug-likeness (QED) is 0.875. The lowest BCUT2D eigenvalue weighted by Crippen LogP contribution is -2.29. The van der Waals surface area contributed by atoms with Gasteiger partial charge < -0.3 is 10.2 Å². The molecule has 1 N–H and O–H groups in total. The second-order valence-electron chi connectivity index (χ2n) is 4.54. The monoisotopic (exact) mass is 246 g/mol. The molecule has 0 aliphatic heterocycles. The summed E-state index contributed by atoms with van der Waals surface area (Å²) in [5, 5.41) is 11.9. The lowest BCUT2D eigenvalue weighted by atomic mass is 10.1. The number of hydrogen-bond donors (Lipinski definition) is 1. The average molecular weight is 246 g/mol. The summed E-state index contributed by atoms with van der Waals surface area (Å²) in [5.74, 6) is 0.692. The third-order valence-corrected chi connectivity index (χ3v) is 2.53. The Morgan fingerprint density at radius 2 is 2.17 bits per heavy atom. The molecule has 0 unspecified atom stereocenters. The number of aromatic nitrogens is 1. The molecule has 0 radical (unpaired) electrons. The number of nitriles is 1.